The molecule has 1 aromatic heterocycles. The Kier molecular flexibility index (Phi) is 5.58. The van der Waals surface area contributed by atoms with Crippen molar-refractivity contribution in [3.63, 3.8) is 0 Å². The van der Waals surface area contributed by atoms with Gasteiger partial charge in [-0.1, -0.05) is 24.3 Å². The lowest BCUT2D eigenvalue weighted by molar-refractivity contribution is 0.287. The lowest BCUT2D eigenvalue weighted by atomic mass is 10.1. The zero-order valence-electron chi connectivity index (χ0n) is 11.9. The summed E-state index contributed by atoms with van der Waals surface area (Å²) in [6, 6.07) is 8.82. The molecule has 0 unspecified atom stereocenters. The van der Waals surface area contributed by atoms with Crippen molar-refractivity contribution in [3.05, 3.63) is 40.9 Å². The van der Waals surface area contributed by atoms with Crippen molar-refractivity contribution >= 4 is 34.7 Å². The molecule has 0 spiro atoms. The molecule has 2 nitrogen and oxygen atoms in total. The second-order valence-corrected chi connectivity index (χ2v) is 7.57. The fraction of sp³-hybridized carbons (Fsp3) is 0.438. The summed E-state index contributed by atoms with van der Waals surface area (Å²) in [5.41, 5.74) is 3.54. The largest absolute Gasteiger partial charge is 0.298 e. The van der Waals surface area contributed by atoms with Crippen LogP contribution < -0.4 is 0 Å². The minimum atomic E-state index is 0.488. The molecule has 0 radical (unpaired) electrons. The van der Waals surface area contributed by atoms with Crippen molar-refractivity contribution in [2.24, 2.45) is 0 Å². The van der Waals surface area contributed by atoms with Crippen LogP contribution in [0.1, 0.15) is 17.7 Å². The summed E-state index contributed by atoms with van der Waals surface area (Å²) in [5, 5.41) is 3.09. The van der Waals surface area contributed by atoms with Crippen LogP contribution in [-0.2, 0) is 12.4 Å². The van der Waals surface area contributed by atoms with E-state index in [1.165, 1.54) is 42.1 Å². The van der Waals surface area contributed by atoms with E-state index in [4.69, 9.17) is 11.6 Å². The van der Waals surface area contributed by atoms with Gasteiger partial charge in [-0.15, -0.1) is 22.9 Å². The highest BCUT2D eigenvalue weighted by Crippen LogP contribution is 2.25. The van der Waals surface area contributed by atoms with Gasteiger partial charge in [-0.3, -0.25) is 4.90 Å². The van der Waals surface area contributed by atoms with Gasteiger partial charge in [-0.25, -0.2) is 4.98 Å². The molecular weight excluding hydrogens is 320 g/mol. The van der Waals surface area contributed by atoms with Crippen LogP contribution in [0, 0.1) is 0 Å². The van der Waals surface area contributed by atoms with Crippen LogP contribution in [0.25, 0.3) is 10.6 Å². The summed E-state index contributed by atoms with van der Waals surface area (Å²) in [5.74, 6) is 3.06. The standard InChI is InChI=1S/C16H19ClN2S2/c17-10-15-12-21-16(18-15)14-4-2-13(3-5-14)11-19-6-1-8-20-9-7-19/h2-5,12H,1,6-11H2. The highest BCUT2D eigenvalue weighted by atomic mass is 35.5. The Labute approximate surface area is 139 Å². The zero-order valence-corrected chi connectivity index (χ0v) is 14.3. The topological polar surface area (TPSA) is 16.1 Å². The van der Waals surface area contributed by atoms with Crippen LogP contribution in [0.2, 0.25) is 0 Å². The zero-order chi connectivity index (χ0) is 14.5. The van der Waals surface area contributed by atoms with Crippen molar-refractivity contribution < 1.29 is 0 Å². The summed E-state index contributed by atoms with van der Waals surface area (Å²) >= 11 is 9.55. The number of thioether (sulfide) groups is 1. The summed E-state index contributed by atoms with van der Waals surface area (Å²) < 4.78 is 0. The van der Waals surface area contributed by atoms with E-state index in [1.54, 1.807) is 11.3 Å². The molecule has 1 aliphatic heterocycles. The van der Waals surface area contributed by atoms with Gasteiger partial charge < -0.3 is 0 Å². The number of hydrogen-bond donors (Lipinski definition) is 0. The van der Waals surface area contributed by atoms with Crippen LogP contribution in [0.3, 0.4) is 0 Å². The Morgan fingerprint density at radius 3 is 2.76 bits per heavy atom. The predicted octanol–water partition coefficient (Wildman–Crippen LogP) is 4.49. The van der Waals surface area contributed by atoms with Gasteiger partial charge in [0.2, 0.25) is 0 Å². The second kappa shape index (κ2) is 7.63. The molecule has 5 heteroatoms. The van der Waals surface area contributed by atoms with Gasteiger partial charge in [0.25, 0.3) is 0 Å². The quantitative estimate of drug-likeness (QED) is 0.764. The first-order valence-corrected chi connectivity index (χ1v) is 9.82. The molecular formula is C16H19ClN2S2. The van der Waals surface area contributed by atoms with Crippen LogP contribution in [-0.4, -0.2) is 34.5 Å². The lowest BCUT2D eigenvalue weighted by Crippen LogP contribution is -2.25. The van der Waals surface area contributed by atoms with Crippen LogP contribution in [0.5, 0.6) is 0 Å². The minimum Gasteiger partial charge on any atom is -0.298 e. The van der Waals surface area contributed by atoms with Crippen molar-refractivity contribution in [2.75, 3.05) is 24.6 Å². The Bertz CT molecular complexity index is 560. The number of rotatable bonds is 4. The molecule has 0 saturated carbocycles. The molecule has 0 atom stereocenters. The third-order valence-corrected chi connectivity index (χ3v) is 5.87. The van der Waals surface area contributed by atoms with Gasteiger partial charge in [0.1, 0.15) is 5.01 Å². The van der Waals surface area contributed by atoms with E-state index in [9.17, 15) is 0 Å². The Morgan fingerprint density at radius 1 is 1.14 bits per heavy atom. The van der Waals surface area contributed by atoms with Gasteiger partial charge in [-0.05, 0) is 24.3 Å². The van der Waals surface area contributed by atoms with Gasteiger partial charge in [0.05, 0.1) is 11.6 Å². The molecule has 0 amide bonds. The van der Waals surface area contributed by atoms with E-state index in [0.717, 1.165) is 17.2 Å². The van der Waals surface area contributed by atoms with E-state index in [0.29, 0.717) is 5.88 Å². The maximum absolute atomic E-state index is 5.81. The summed E-state index contributed by atoms with van der Waals surface area (Å²) in [6.45, 7) is 3.49. The Morgan fingerprint density at radius 2 is 2.00 bits per heavy atom. The predicted molar refractivity (Wildman–Crippen MR) is 94.3 cm³/mol. The first-order valence-electron chi connectivity index (χ1n) is 7.25. The summed E-state index contributed by atoms with van der Waals surface area (Å²) in [7, 11) is 0. The highest BCUT2D eigenvalue weighted by Gasteiger charge is 2.10. The second-order valence-electron chi connectivity index (χ2n) is 5.22. The molecule has 2 heterocycles. The van der Waals surface area contributed by atoms with Gasteiger partial charge in [-0.2, -0.15) is 11.8 Å². The van der Waals surface area contributed by atoms with Crippen molar-refractivity contribution in [1.29, 1.82) is 0 Å². The molecule has 3 rings (SSSR count). The van der Waals surface area contributed by atoms with E-state index in [1.807, 2.05) is 5.38 Å². The number of aromatic nitrogens is 1. The van der Waals surface area contributed by atoms with E-state index >= 15 is 0 Å². The molecule has 1 aromatic carbocycles. The average Bonchev–Trinajstić information content (AvgIpc) is 2.86. The van der Waals surface area contributed by atoms with Gasteiger partial charge in [0, 0.05) is 29.8 Å². The van der Waals surface area contributed by atoms with E-state index in [-0.39, 0.29) is 0 Å². The van der Waals surface area contributed by atoms with Crippen LogP contribution in [0.4, 0.5) is 0 Å². The first-order chi connectivity index (χ1) is 10.3. The summed E-state index contributed by atoms with van der Waals surface area (Å²) in [4.78, 5) is 7.09. The third-order valence-electron chi connectivity index (χ3n) is 3.61. The van der Waals surface area contributed by atoms with Crippen LogP contribution in [0.15, 0.2) is 29.6 Å². The number of thiazole rings is 1. The fourth-order valence-corrected chi connectivity index (χ4v) is 4.45. The van der Waals surface area contributed by atoms with Crippen LogP contribution >= 0.6 is 34.7 Å². The number of alkyl halides is 1. The number of halogens is 1. The third kappa shape index (κ3) is 4.22. The average molecular weight is 339 g/mol. The molecule has 1 aliphatic rings. The van der Waals surface area contributed by atoms with Crippen molar-refractivity contribution in [1.82, 2.24) is 9.88 Å². The first kappa shape index (κ1) is 15.3. The Balaban J connectivity index is 1.65. The van der Waals surface area contributed by atoms with Gasteiger partial charge >= 0.3 is 0 Å². The van der Waals surface area contributed by atoms with Crippen molar-refractivity contribution in [3.8, 4) is 10.6 Å². The number of hydrogen-bond acceptors (Lipinski definition) is 4. The van der Waals surface area contributed by atoms with E-state index < -0.39 is 0 Å². The molecule has 2 aromatic rings. The lowest BCUT2D eigenvalue weighted by Gasteiger charge is -2.19. The molecule has 0 bridgehead atoms. The monoisotopic (exact) mass is 338 g/mol. The molecule has 112 valence electrons. The summed E-state index contributed by atoms with van der Waals surface area (Å²) in [6.07, 6.45) is 1.31. The van der Waals surface area contributed by atoms with Gasteiger partial charge in [0.15, 0.2) is 0 Å². The highest BCUT2D eigenvalue weighted by molar-refractivity contribution is 7.99. The molecule has 0 aliphatic carbocycles. The maximum Gasteiger partial charge on any atom is 0.123 e. The Hall–Kier alpha value is -0.550. The fourth-order valence-electron chi connectivity index (χ4n) is 2.47. The smallest absolute Gasteiger partial charge is 0.123 e. The van der Waals surface area contributed by atoms with Crippen molar-refractivity contribution in [2.45, 2.75) is 18.8 Å². The number of benzene rings is 1. The maximum atomic E-state index is 5.81. The number of nitrogens with zero attached hydrogens (tertiary/aromatic N) is 2. The minimum absolute atomic E-state index is 0.488. The normalized spacial score (nSPS) is 16.8. The molecule has 1 saturated heterocycles. The molecule has 21 heavy (non-hydrogen) atoms. The molecule has 1 fully saturated rings. The molecule has 0 N–H and O–H groups in total. The van der Waals surface area contributed by atoms with E-state index in [2.05, 4.69) is 45.9 Å². The SMILES string of the molecule is ClCc1csc(-c2ccc(CN3CCCSCC3)cc2)n1.